The number of fused-ring (bicyclic) bond motifs is 1. The highest BCUT2D eigenvalue weighted by Crippen LogP contribution is 2.16. The summed E-state index contributed by atoms with van der Waals surface area (Å²) in [5.74, 6) is 0.0922. The van der Waals surface area contributed by atoms with E-state index >= 15 is 0 Å². The molecule has 2 N–H and O–H groups in total. The van der Waals surface area contributed by atoms with Crippen LogP contribution in [0.5, 0.6) is 0 Å². The van der Waals surface area contributed by atoms with Crippen LogP contribution >= 0.6 is 11.6 Å². The van der Waals surface area contributed by atoms with Gasteiger partial charge in [0.1, 0.15) is 23.0 Å². The van der Waals surface area contributed by atoms with Gasteiger partial charge in [-0.3, -0.25) is 4.79 Å². The number of aromatic amines is 1. The lowest BCUT2D eigenvalue weighted by molar-refractivity contribution is 0.102. The lowest BCUT2D eigenvalue weighted by Gasteiger charge is -2.01. The molecule has 1 amide bonds. The second-order valence-electron chi connectivity index (χ2n) is 3.95. The molecule has 0 radical (unpaired) electrons. The summed E-state index contributed by atoms with van der Waals surface area (Å²) in [5, 5.41) is 3.91. The van der Waals surface area contributed by atoms with Gasteiger partial charge in [-0.1, -0.05) is 29.8 Å². The van der Waals surface area contributed by atoms with E-state index in [4.69, 9.17) is 11.6 Å². The minimum absolute atomic E-state index is 0.272. The van der Waals surface area contributed by atoms with Crippen LogP contribution in [0, 0.1) is 0 Å². The molecule has 0 atom stereocenters. The number of halogens is 1. The summed E-state index contributed by atoms with van der Waals surface area (Å²) in [6, 6.07) is 10.9. The third-order valence-electron chi connectivity index (χ3n) is 2.65. The Balaban J connectivity index is 1.87. The number of H-pyrrole nitrogens is 1. The SMILES string of the molecule is O=C(Nc1cc(Cl)ncn1)c1cc2ccccc2[nH]1. The van der Waals surface area contributed by atoms with Gasteiger partial charge in [0.05, 0.1) is 0 Å². The van der Waals surface area contributed by atoms with Crippen molar-refractivity contribution in [2.45, 2.75) is 0 Å². The van der Waals surface area contributed by atoms with Crippen LogP contribution < -0.4 is 5.32 Å². The van der Waals surface area contributed by atoms with Gasteiger partial charge in [0.25, 0.3) is 5.91 Å². The van der Waals surface area contributed by atoms with Crippen molar-refractivity contribution >= 4 is 34.2 Å². The maximum absolute atomic E-state index is 12.0. The molecular weight excluding hydrogens is 264 g/mol. The molecule has 94 valence electrons. The standard InChI is InChI=1S/C13H9ClN4O/c14-11-6-12(16-7-15-11)18-13(19)10-5-8-3-1-2-4-9(8)17-10/h1-7,17H,(H,15,16,18,19). The molecule has 0 saturated heterocycles. The van der Waals surface area contributed by atoms with E-state index in [0.29, 0.717) is 11.5 Å². The normalized spacial score (nSPS) is 10.6. The Kier molecular flexibility index (Phi) is 2.89. The minimum Gasteiger partial charge on any atom is -0.351 e. The van der Waals surface area contributed by atoms with Gasteiger partial charge in [-0.2, -0.15) is 0 Å². The number of hydrogen-bond donors (Lipinski definition) is 2. The summed E-state index contributed by atoms with van der Waals surface area (Å²) < 4.78 is 0. The molecular formula is C13H9ClN4O. The number of benzene rings is 1. The van der Waals surface area contributed by atoms with Gasteiger partial charge in [0, 0.05) is 17.0 Å². The van der Waals surface area contributed by atoms with Crippen LogP contribution in [0.15, 0.2) is 42.7 Å². The van der Waals surface area contributed by atoms with Crippen molar-refractivity contribution in [1.29, 1.82) is 0 Å². The third-order valence-corrected chi connectivity index (χ3v) is 2.86. The zero-order valence-corrected chi connectivity index (χ0v) is 10.5. The Bertz CT molecular complexity index is 720. The van der Waals surface area contributed by atoms with Crippen molar-refractivity contribution in [2.75, 3.05) is 5.32 Å². The molecule has 19 heavy (non-hydrogen) atoms. The smallest absolute Gasteiger partial charge is 0.273 e. The first-order valence-corrected chi connectivity index (χ1v) is 5.97. The van der Waals surface area contributed by atoms with Crippen LogP contribution in [-0.2, 0) is 0 Å². The number of nitrogens with zero attached hydrogens (tertiary/aromatic N) is 2. The van der Waals surface area contributed by atoms with Crippen LogP contribution in [-0.4, -0.2) is 20.9 Å². The highest BCUT2D eigenvalue weighted by atomic mass is 35.5. The van der Waals surface area contributed by atoms with Gasteiger partial charge in [0.2, 0.25) is 0 Å². The van der Waals surface area contributed by atoms with Crippen LogP contribution in [0.4, 0.5) is 5.82 Å². The van der Waals surface area contributed by atoms with Crippen molar-refractivity contribution in [2.24, 2.45) is 0 Å². The Morgan fingerprint density at radius 1 is 1.21 bits per heavy atom. The second kappa shape index (κ2) is 4.70. The first-order chi connectivity index (χ1) is 9.22. The van der Waals surface area contributed by atoms with E-state index in [1.54, 1.807) is 6.07 Å². The predicted octanol–water partition coefficient (Wildman–Crippen LogP) is 2.86. The van der Waals surface area contributed by atoms with Gasteiger partial charge >= 0.3 is 0 Å². The number of carbonyl (C=O) groups is 1. The third kappa shape index (κ3) is 2.41. The number of amides is 1. The number of nitrogens with one attached hydrogen (secondary N) is 2. The van der Waals surface area contributed by atoms with E-state index in [1.165, 1.54) is 12.4 Å². The quantitative estimate of drug-likeness (QED) is 0.705. The van der Waals surface area contributed by atoms with Crippen molar-refractivity contribution in [3.63, 3.8) is 0 Å². The molecule has 1 aromatic carbocycles. The molecule has 0 unspecified atom stereocenters. The molecule has 0 bridgehead atoms. The van der Waals surface area contributed by atoms with Gasteiger partial charge in [-0.25, -0.2) is 9.97 Å². The first kappa shape index (κ1) is 11.7. The zero-order valence-electron chi connectivity index (χ0n) is 9.72. The number of aromatic nitrogens is 3. The van der Waals surface area contributed by atoms with Gasteiger partial charge in [0.15, 0.2) is 0 Å². The summed E-state index contributed by atoms with van der Waals surface area (Å²) in [4.78, 5) is 22.8. The number of anilines is 1. The zero-order chi connectivity index (χ0) is 13.2. The Morgan fingerprint density at radius 2 is 2.05 bits per heavy atom. The lowest BCUT2D eigenvalue weighted by atomic mass is 10.2. The molecule has 2 heterocycles. The van der Waals surface area contributed by atoms with E-state index < -0.39 is 0 Å². The van der Waals surface area contributed by atoms with Crippen LogP contribution in [0.2, 0.25) is 5.15 Å². The maximum Gasteiger partial charge on any atom is 0.273 e. The van der Waals surface area contributed by atoms with E-state index in [0.717, 1.165) is 10.9 Å². The summed E-state index contributed by atoms with van der Waals surface area (Å²) >= 11 is 5.73. The summed E-state index contributed by atoms with van der Waals surface area (Å²) in [5.41, 5.74) is 1.38. The summed E-state index contributed by atoms with van der Waals surface area (Å²) in [6.07, 6.45) is 1.29. The Hall–Kier alpha value is -2.40. The van der Waals surface area contributed by atoms with Crippen molar-refractivity contribution in [1.82, 2.24) is 15.0 Å². The molecule has 0 spiro atoms. The van der Waals surface area contributed by atoms with Crippen molar-refractivity contribution < 1.29 is 4.79 Å². The molecule has 0 aliphatic rings. The number of rotatable bonds is 2. The molecule has 0 aliphatic carbocycles. The van der Waals surface area contributed by atoms with E-state index in [1.807, 2.05) is 24.3 Å². The number of hydrogen-bond acceptors (Lipinski definition) is 3. The second-order valence-corrected chi connectivity index (χ2v) is 4.34. The van der Waals surface area contributed by atoms with Gasteiger partial charge < -0.3 is 10.3 Å². The number of para-hydroxylation sites is 1. The summed E-state index contributed by atoms with van der Waals surface area (Å²) in [6.45, 7) is 0. The fourth-order valence-electron chi connectivity index (χ4n) is 1.78. The average Bonchev–Trinajstić information content (AvgIpc) is 2.82. The average molecular weight is 273 g/mol. The molecule has 3 rings (SSSR count). The molecule has 6 heteroatoms. The van der Waals surface area contributed by atoms with E-state index in [9.17, 15) is 4.79 Å². The fraction of sp³-hybridized carbons (Fsp3) is 0. The van der Waals surface area contributed by atoms with Crippen LogP contribution in [0.1, 0.15) is 10.5 Å². The van der Waals surface area contributed by atoms with E-state index in [2.05, 4.69) is 20.3 Å². The minimum atomic E-state index is -0.272. The molecule has 0 aliphatic heterocycles. The Morgan fingerprint density at radius 3 is 2.84 bits per heavy atom. The lowest BCUT2D eigenvalue weighted by Crippen LogP contribution is -2.13. The van der Waals surface area contributed by atoms with Crippen LogP contribution in [0.25, 0.3) is 10.9 Å². The summed E-state index contributed by atoms with van der Waals surface area (Å²) in [7, 11) is 0. The van der Waals surface area contributed by atoms with Gasteiger partial charge in [-0.05, 0) is 12.1 Å². The maximum atomic E-state index is 12.0. The molecule has 0 fully saturated rings. The highest BCUT2D eigenvalue weighted by Gasteiger charge is 2.10. The topological polar surface area (TPSA) is 70.7 Å². The van der Waals surface area contributed by atoms with E-state index in [-0.39, 0.29) is 11.1 Å². The Labute approximate surface area is 113 Å². The van der Waals surface area contributed by atoms with Crippen molar-refractivity contribution in [3.8, 4) is 0 Å². The highest BCUT2D eigenvalue weighted by molar-refractivity contribution is 6.29. The number of carbonyl (C=O) groups excluding carboxylic acids is 1. The predicted molar refractivity (Wildman–Crippen MR) is 73.3 cm³/mol. The fourth-order valence-corrected chi connectivity index (χ4v) is 1.93. The molecule has 3 aromatic rings. The van der Waals surface area contributed by atoms with Gasteiger partial charge in [-0.15, -0.1) is 0 Å². The molecule has 2 aromatic heterocycles. The van der Waals surface area contributed by atoms with Crippen LogP contribution in [0.3, 0.4) is 0 Å². The molecule has 5 nitrogen and oxygen atoms in total. The molecule has 0 saturated carbocycles. The first-order valence-electron chi connectivity index (χ1n) is 5.59. The van der Waals surface area contributed by atoms with Crippen molar-refractivity contribution in [3.05, 3.63) is 53.6 Å². The monoisotopic (exact) mass is 272 g/mol. The largest absolute Gasteiger partial charge is 0.351 e.